The summed E-state index contributed by atoms with van der Waals surface area (Å²) in [6, 6.07) is 7.65. The van der Waals surface area contributed by atoms with Crippen molar-refractivity contribution in [2.75, 3.05) is 0 Å². The fourth-order valence-corrected chi connectivity index (χ4v) is 1.82. The first-order valence-corrected chi connectivity index (χ1v) is 6.11. The molecule has 86 valence electrons. The summed E-state index contributed by atoms with van der Waals surface area (Å²) in [5.41, 5.74) is 1.09. The maximum absolute atomic E-state index is 9.55. The molecule has 16 heavy (non-hydrogen) atoms. The molecule has 1 N–H and O–H groups in total. The number of rotatable bonds is 7. The van der Waals surface area contributed by atoms with Crippen molar-refractivity contribution in [3.8, 4) is 5.75 Å². The van der Waals surface area contributed by atoms with E-state index >= 15 is 0 Å². The van der Waals surface area contributed by atoms with Gasteiger partial charge < -0.3 is 5.11 Å². The minimum Gasteiger partial charge on any atom is -0.508 e. The Morgan fingerprint density at radius 2 is 1.56 bits per heavy atom. The van der Waals surface area contributed by atoms with Crippen LogP contribution >= 0.6 is 0 Å². The quantitative estimate of drug-likeness (QED) is 0.571. The van der Waals surface area contributed by atoms with Gasteiger partial charge in [-0.3, -0.25) is 0 Å². The van der Waals surface area contributed by atoms with Crippen molar-refractivity contribution in [1.82, 2.24) is 0 Å². The van der Waals surface area contributed by atoms with Gasteiger partial charge in [-0.2, -0.15) is 0 Å². The van der Waals surface area contributed by atoms with Crippen LogP contribution in [0.4, 0.5) is 0 Å². The van der Waals surface area contributed by atoms with Gasteiger partial charge >= 0.3 is 0 Å². The van der Waals surface area contributed by atoms with E-state index in [1.807, 2.05) is 18.2 Å². The molecule has 0 aliphatic rings. The van der Waals surface area contributed by atoms with Gasteiger partial charge in [0, 0.05) is 37.7 Å². The van der Waals surface area contributed by atoms with Crippen LogP contribution in [0.25, 0.3) is 0 Å². The molecule has 0 aliphatic carbocycles. The number of phenols is 1. The second-order valence-electron chi connectivity index (χ2n) is 4.15. The van der Waals surface area contributed by atoms with E-state index < -0.39 is 0 Å². The molecule has 0 spiro atoms. The van der Waals surface area contributed by atoms with Crippen molar-refractivity contribution >= 4 is 37.7 Å². The smallest absolute Gasteiger partial charge is 0.118 e. The Hall–Kier alpha value is 0.280. The summed E-state index contributed by atoms with van der Waals surface area (Å²) in [6.07, 6.45) is 8.85. The minimum atomic E-state index is 0. The van der Waals surface area contributed by atoms with Gasteiger partial charge in [-0.05, 0) is 24.5 Å². The van der Waals surface area contributed by atoms with E-state index in [0.29, 0.717) is 5.75 Å². The fraction of sp³-hybridized carbons (Fsp3) is 0.571. The van der Waals surface area contributed by atoms with Crippen LogP contribution in [0.15, 0.2) is 24.3 Å². The first kappa shape index (κ1) is 16.3. The van der Waals surface area contributed by atoms with Gasteiger partial charge in [0.25, 0.3) is 0 Å². The van der Waals surface area contributed by atoms with E-state index in [4.69, 9.17) is 0 Å². The van der Waals surface area contributed by atoms with Crippen molar-refractivity contribution in [3.05, 3.63) is 29.8 Å². The topological polar surface area (TPSA) is 20.2 Å². The molecule has 0 aliphatic heterocycles. The number of hydrogen-bond acceptors (Lipinski definition) is 1. The second kappa shape index (κ2) is 10.4. The zero-order valence-electron chi connectivity index (χ0n) is 10.4. The summed E-state index contributed by atoms with van der Waals surface area (Å²) >= 11 is 0. The molecule has 0 unspecified atom stereocenters. The summed E-state index contributed by atoms with van der Waals surface area (Å²) in [7, 11) is 0. The Balaban J connectivity index is 0.00000225. The van der Waals surface area contributed by atoms with Crippen LogP contribution in [0.2, 0.25) is 0 Å². The van der Waals surface area contributed by atoms with Gasteiger partial charge in [0.15, 0.2) is 0 Å². The molecule has 0 atom stereocenters. The monoisotopic (exact) mass is 246 g/mol. The number of para-hydroxylation sites is 1. The number of hydrogen-bond donors (Lipinski definition) is 1. The van der Waals surface area contributed by atoms with E-state index in [1.165, 1.54) is 38.5 Å². The molecule has 2 heteroatoms. The van der Waals surface area contributed by atoms with Gasteiger partial charge in [-0.15, -0.1) is 0 Å². The van der Waals surface area contributed by atoms with Crippen LogP contribution in [0.3, 0.4) is 0 Å². The van der Waals surface area contributed by atoms with Crippen molar-refractivity contribution in [1.29, 1.82) is 0 Å². The van der Waals surface area contributed by atoms with E-state index in [1.54, 1.807) is 6.07 Å². The molecule has 0 heterocycles. The average Bonchev–Trinajstić information content (AvgIpc) is 2.25. The number of unbranched alkanes of at least 4 members (excludes halogenated alkanes) is 5. The molecule has 0 aromatic heterocycles. The Morgan fingerprint density at radius 1 is 0.938 bits per heavy atom. The predicted molar refractivity (Wildman–Crippen MR) is 70.9 cm³/mol. The molecule has 0 amide bonds. The van der Waals surface area contributed by atoms with Gasteiger partial charge in [-0.1, -0.05) is 57.2 Å². The Labute approximate surface area is 129 Å². The molecule has 1 nitrogen and oxygen atoms in total. The largest absolute Gasteiger partial charge is 0.508 e. The van der Waals surface area contributed by atoms with Crippen molar-refractivity contribution in [3.63, 3.8) is 0 Å². The van der Waals surface area contributed by atoms with Gasteiger partial charge in [-0.25, -0.2) is 0 Å². The van der Waals surface area contributed by atoms with Crippen molar-refractivity contribution in [2.45, 2.75) is 51.9 Å². The molecule has 2 radical (unpaired) electrons. The molecule has 0 fully saturated rings. The summed E-state index contributed by atoms with van der Waals surface area (Å²) in [4.78, 5) is 0. The number of aryl methyl sites for hydroxylation is 1. The summed E-state index contributed by atoms with van der Waals surface area (Å²) in [6.45, 7) is 2.24. The Morgan fingerprint density at radius 3 is 2.25 bits per heavy atom. The van der Waals surface area contributed by atoms with Crippen LogP contribution in [0, 0.1) is 0 Å². The Kier molecular flexibility index (Phi) is 10.6. The van der Waals surface area contributed by atoms with Gasteiger partial charge in [0.1, 0.15) is 5.75 Å². The zero-order chi connectivity index (χ0) is 10.9. The molecule has 1 aromatic rings. The van der Waals surface area contributed by atoms with Crippen molar-refractivity contribution in [2.24, 2.45) is 0 Å². The van der Waals surface area contributed by atoms with Crippen LogP contribution in [-0.2, 0) is 6.42 Å². The maximum Gasteiger partial charge on any atom is 0.118 e. The normalized spacial score (nSPS) is 9.81. The molecule has 0 bridgehead atoms. The third-order valence-corrected chi connectivity index (χ3v) is 2.79. The number of aromatic hydroxyl groups is 1. The maximum atomic E-state index is 9.55. The SMILES string of the molecule is CCCCCCCCc1ccccc1O.[Ca]. The van der Waals surface area contributed by atoms with Crippen molar-refractivity contribution < 1.29 is 5.11 Å². The number of benzene rings is 1. The molecular formula is C14H22CaO. The molecule has 1 rings (SSSR count). The molecule has 1 aromatic carbocycles. The minimum absolute atomic E-state index is 0. The molecule has 0 saturated carbocycles. The van der Waals surface area contributed by atoms with Crippen LogP contribution in [-0.4, -0.2) is 42.8 Å². The van der Waals surface area contributed by atoms with E-state index in [-0.39, 0.29) is 37.7 Å². The third-order valence-electron chi connectivity index (χ3n) is 2.79. The molecular weight excluding hydrogens is 224 g/mol. The summed E-state index contributed by atoms with van der Waals surface area (Å²) < 4.78 is 0. The van der Waals surface area contributed by atoms with Gasteiger partial charge in [0.2, 0.25) is 0 Å². The standard InChI is InChI=1S/C14H22O.Ca/c1-2-3-4-5-6-7-10-13-11-8-9-12-14(13)15;/h8-9,11-12,15H,2-7,10H2,1H3;. The first-order chi connectivity index (χ1) is 7.34. The van der Waals surface area contributed by atoms with E-state index in [2.05, 4.69) is 6.92 Å². The fourth-order valence-electron chi connectivity index (χ4n) is 1.82. The first-order valence-electron chi connectivity index (χ1n) is 6.11. The average molecular weight is 246 g/mol. The van der Waals surface area contributed by atoms with Crippen LogP contribution < -0.4 is 0 Å². The Bertz CT molecular complexity index is 273. The second-order valence-corrected chi connectivity index (χ2v) is 4.15. The zero-order valence-corrected chi connectivity index (χ0v) is 12.6. The molecule has 0 saturated heterocycles. The van der Waals surface area contributed by atoms with Gasteiger partial charge in [0.05, 0.1) is 0 Å². The van der Waals surface area contributed by atoms with E-state index in [9.17, 15) is 5.11 Å². The van der Waals surface area contributed by atoms with E-state index in [0.717, 1.165) is 12.0 Å². The predicted octanol–water partition coefficient (Wildman–Crippen LogP) is 3.91. The summed E-state index contributed by atoms with van der Waals surface area (Å²) in [5.74, 6) is 0.450. The van der Waals surface area contributed by atoms with Crippen LogP contribution in [0.5, 0.6) is 5.75 Å². The summed E-state index contributed by atoms with van der Waals surface area (Å²) in [5, 5.41) is 9.55. The van der Waals surface area contributed by atoms with Crippen LogP contribution in [0.1, 0.15) is 51.0 Å². The third kappa shape index (κ3) is 6.77. The number of phenolic OH excluding ortho intramolecular Hbond substituents is 1.